The Kier molecular flexibility index (Phi) is 3.95. The van der Waals surface area contributed by atoms with Crippen molar-refractivity contribution in [3.05, 3.63) is 5.01 Å². The summed E-state index contributed by atoms with van der Waals surface area (Å²) in [7, 11) is -3.44. The molecule has 1 saturated heterocycles. The third-order valence-electron chi connectivity index (χ3n) is 2.64. The number of hydrogen-bond acceptors (Lipinski definition) is 5. The van der Waals surface area contributed by atoms with Crippen LogP contribution in [0.15, 0.2) is 0 Å². The van der Waals surface area contributed by atoms with Crippen LogP contribution in [0.3, 0.4) is 0 Å². The molecular formula is C9H16N4O2S2. The Hall–Kier alpha value is -0.730. The number of hydrogen-bond donors (Lipinski definition) is 1. The summed E-state index contributed by atoms with van der Waals surface area (Å²) in [5, 5.41) is 8.89. The first-order valence-corrected chi connectivity index (χ1v) is 7.98. The fourth-order valence-corrected chi connectivity index (χ4v) is 3.86. The molecular weight excluding hydrogens is 260 g/mol. The van der Waals surface area contributed by atoms with Crippen LogP contribution in [0.25, 0.3) is 0 Å². The van der Waals surface area contributed by atoms with Crippen LogP contribution in [-0.4, -0.2) is 36.0 Å². The maximum atomic E-state index is 12.0. The number of aromatic nitrogens is 2. The van der Waals surface area contributed by atoms with Crippen LogP contribution in [0, 0.1) is 0 Å². The first-order valence-electron chi connectivity index (χ1n) is 5.72. The van der Waals surface area contributed by atoms with Crippen LogP contribution in [0.2, 0.25) is 0 Å². The van der Waals surface area contributed by atoms with Crippen LogP contribution in [0.5, 0.6) is 0 Å². The quantitative estimate of drug-likeness (QED) is 0.898. The standard InChI is InChI=1S/C9H16N4O2S2/c1-2-8-10-11-9(16-8)12-17(14,15)13-6-4-3-5-7-13/h2-7H2,1H3,(H,11,12). The lowest BCUT2D eigenvalue weighted by Gasteiger charge is -2.25. The van der Waals surface area contributed by atoms with E-state index in [4.69, 9.17) is 0 Å². The van der Waals surface area contributed by atoms with Gasteiger partial charge in [0.2, 0.25) is 5.13 Å². The molecule has 96 valence electrons. The van der Waals surface area contributed by atoms with Gasteiger partial charge in [-0.1, -0.05) is 24.7 Å². The minimum atomic E-state index is -3.44. The van der Waals surface area contributed by atoms with E-state index in [9.17, 15) is 8.42 Å². The Morgan fingerprint density at radius 3 is 2.59 bits per heavy atom. The highest BCUT2D eigenvalue weighted by atomic mass is 32.2. The van der Waals surface area contributed by atoms with Gasteiger partial charge in [-0.2, -0.15) is 12.7 Å². The summed E-state index contributed by atoms with van der Waals surface area (Å²) in [5.41, 5.74) is 0. The lowest BCUT2D eigenvalue weighted by Crippen LogP contribution is -2.39. The molecule has 1 aromatic heterocycles. The Morgan fingerprint density at radius 2 is 2.00 bits per heavy atom. The second-order valence-electron chi connectivity index (χ2n) is 3.92. The zero-order chi connectivity index (χ0) is 12.3. The summed E-state index contributed by atoms with van der Waals surface area (Å²) >= 11 is 1.28. The SMILES string of the molecule is CCc1nnc(NS(=O)(=O)N2CCCCC2)s1. The molecule has 8 heteroatoms. The van der Waals surface area contributed by atoms with Crippen molar-refractivity contribution in [1.82, 2.24) is 14.5 Å². The summed E-state index contributed by atoms with van der Waals surface area (Å²) in [5.74, 6) is 0. The summed E-state index contributed by atoms with van der Waals surface area (Å²) < 4.78 is 28.0. The van der Waals surface area contributed by atoms with Crippen molar-refractivity contribution in [2.45, 2.75) is 32.6 Å². The zero-order valence-electron chi connectivity index (χ0n) is 9.72. The van der Waals surface area contributed by atoms with Gasteiger partial charge in [0.1, 0.15) is 5.01 Å². The minimum absolute atomic E-state index is 0.354. The molecule has 0 bridgehead atoms. The molecule has 1 fully saturated rings. The van der Waals surface area contributed by atoms with Crippen LogP contribution in [0.1, 0.15) is 31.2 Å². The molecule has 2 heterocycles. The molecule has 17 heavy (non-hydrogen) atoms. The average molecular weight is 276 g/mol. The van der Waals surface area contributed by atoms with Gasteiger partial charge in [-0.15, -0.1) is 10.2 Å². The lowest BCUT2D eigenvalue weighted by molar-refractivity contribution is 0.349. The van der Waals surface area contributed by atoms with Crippen LogP contribution >= 0.6 is 11.3 Å². The Bertz CT molecular complexity index is 465. The number of nitrogens with one attached hydrogen (secondary N) is 1. The van der Waals surface area contributed by atoms with E-state index in [0.717, 1.165) is 30.7 Å². The van der Waals surface area contributed by atoms with E-state index in [1.54, 1.807) is 0 Å². The van der Waals surface area contributed by atoms with E-state index >= 15 is 0 Å². The normalized spacial score (nSPS) is 18.2. The Balaban J connectivity index is 2.05. The number of rotatable bonds is 4. The Labute approximate surface area is 105 Å². The highest BCUT2D eigenvalue weighted by molar-refractivity contribution is 7.90. The van der Waals surface area contributed by atoms with E-state index in [1.807, 2.05) is 6.92 Å². The summed E-state index contributed by atoms with van der Waals surface area (Å²) in [6.07, 6.45) is 3.72. The number of aryl methyl sites for hydroxylation is 1. The minimum Gasteiger partial charge on any atom is -0.244 e. The van der Waals surface area contributed by atoms with Crippen molar-refractivity contribution in [2.24, 2.45) is 0 Å². The van der Waals surface area contributed by atoms with Crippen molar-refractivity contribution >= 4 is 26.7 Å². The van der Waals surface area contributed by atoms with Crippen molar-refractivity contribution in [3.63, 3.8) is 0 Å². The van der Waals surface area contributed by atoms with E-state index in [-0.39, 0.29) is 0 Å². The van der Waals surface area contributed by atoms with Gasteiger partial charge in [-0.05, 0) is 19.3 Å². The molecule has 0 spiro atoms. The number of piperidine rings is 1. The molecule has 1 aliphatic rings. The topological polar surface area (TPSA) is 75.2 Å². The Morgan fingerprint density at radius 1 is 1.29 bits per heavy atom. The molecule has 6 nitrogen and oxygen atoms in total. The molecule has 0 aliphatic carbocycles. The molecule has 0 saturated carbocycles. The van der Waals surface area contributed by atoms with Crippen LogP contribution < -0.4 is 4.72 Å². The smallest absolute Gasteiger partial charge is 0.244 e. The van der Waals surface area contributed by atoms with E-state index in [2.05, 4.69) is 14.9 Å². The van der Waals surface area contributed by atoms with Gasteiger partial charge in [0.05, 0.1) is 0 Å². The van der Waals surface area contributed by atoms with E-state index < -0.39 is 10.2 Å². The monoisotopic (exact) mass is 276 g/mol. The van der Waals surface area contributed by atoms with Crippen molar-refractivity contribution < 1.29 is 8.42 Å². The third kappa shape index (κ3) is 3.14. The molecule has 0 amide bonds. The largest absolute Gasteiger partial charge is 0.303 e. The van der Waals surface area contributed by atoms with Crippen LogP contribution in [0.4, 0.5) is 5.13 Å². The van der Waals surface area contributed by atoms with Crippen LogP contribution in [-0.2, 0) is 16.6 Å². The van der Waals surface area contributed by atoms with E-state index in [1.165, 1.54) is 15.6 Å². The summed E-state index contributed by atoms with van der Waals surface area (Å²) in [4.78, 5) is 0. The predicted octanol–water partition coefficient (Wildman–Crippen LogP) is 1.24. The number of anilines is 1. The van der Waals surface area contributed by atoms with Gasteiger partial charge < -0.3 is 0 Å². The summed E-state index contributed by atoms with van der Waals surface area (Å²) in [6.45, 7) is 3.15. The van der Waals surface area contributed by atoms with Crippen molar-refractivity contribution in [2.75, 3.05) is 17.8 Å². The maximum Gasteiger partial charge on any atom is 0.303 e. The molecule has 1 aromatic rings. The molecule has 0 radical (unpaired) electrons. The van der Waals surface area contributed by atoms with Gasteiger partial charge >= 0.3 is 10.2 Å². The van der Waals surface area contributed by atoms with E-state index in [0.29, 0.717) is 18.2 Å². The molecule has 1 N–H and O–H groups in total. The number of nitrogens with zero attached hydrogens (tertiary/aromatic N) is 3. The summed E-state index contributed by atoms with van der Waals surface area (Å²) in [6, 6.07) is 0. The van der Waals surface area contributed by atoms with Gasteiger partial charge in [0.15, 0.2) is 0 Å². The molecule has 0 aromatic carbocycles. The fraction of sp³-hybridized carbons (Fsp3) is 0.778. The van der Waals surface area contributed by atoms with Gasteiger partial charge in [0.25, 0.3) is 0 Å². The second-order valence-corrected chi connectivity index (χ2v) is 6.65. The van der Waals surface area contributed by atoms with Crippen molar-refractivity contribution in [3.8, 4) is 0 Å². The second kappa shape index (κ2) is 5.28. The molecule has 1 aliphatic heterocycles. The molecule has 0 atom stereocenters. The zero-order valence-corrected chi connectivity index (χ0v) is 11.4. The fourth-order valence-electron chi connectivity index (χ4n) is 1.72. The van der Waals surface area contributed by atoms with Gasteiger partial charge in [0, 0.05) is 13.1 Å². The van der Waals surface area contributed by atoms with Gasteiger partial charge in [-0.25, -0.2) is 4.72 Å². The highest BCUT2D eigenvalue weighted by Crippen LogP contribution is 2.19. The highest BCUT2D eigenvalue weighted by Gasteiger charge is 2.24. The molecule has 2 rings (SSSR count). The molecule has 0 unspecified atom stereocenters. The van der Waals surface area contributed by atoms with Gasteiger partial charge in [-0.3, -0.25) is 0 Å². The predicted molar refractivity (Wildman–Crippen MR) is 67.3 cm³/mol. The first kappa shape index (κ1) is 12.7. The first-order chi connectivity index (χ1) is 8.12. The maximum absolute atomic E-state index is 12.0. The third-order valence-corrected chi connectivity index (χ3v) is 5.25. The lowest BCUT2D eigenvalue weighted by atomic mass is 10.2. The average Bonchev–Trinajstić information content (AvgIpc) is 2.77. The van der Waals surface area contributed by atoms with Crippen molar-refractivity contribution in [1.29, 1.82) is 0 Å².